The van der Waals surface area contributed by atoms with Crippen molar-refractivity contribution in [2.45, 2.75) is 0 Å². The highest BCUT2D eigenvalue weighted by atomic mass is 31.1. The van der Waals surface area contributed by atoms with Gasteiger partial charge in [-0.2, -0.15) is 0 Å². The Morgan fingerprint density at radius 2 is 1.73 bits per heavy atom. The smallest absolute Gasteiger partial charge is 0.338 e. The van der Waals surface area contributed by atoms with Gasteiger partial charge in [0.1, 0.15) is 14.7 Å². The lowest BCUT2D eigenvalue weighted by Crippen LogP contribution is -2.39. The molecule has 0 aromatic heterocycles. The number of nitrogens with zero attached hydrogens (tertiary/aromatic N) is 1. The summed E-state index contributed by atoms with van der Waals surface area (Å²) in [5.74, 6) is -0.582. The maximum absolute atomic E-state index is 11.8. The van der Waals surface area contributed by atoms with Crippen LogP contribution >= 0.6 is 8.15 Å². The minimum atomic E-state index is -1.80. The molecule has 122 valence electrons. The molecule has 22 heavy (non-hydrogen) atoms. The summed E-state index contributed by atoms with van der Waals surface area (Å²) < 4.78 is 5.48. The minimum absolute atomic E-state index is 0.0291. The molecule has 8 heteroatoms. The molecule has 0 spiro atoms. The quantitative estimate of drug-likeness (QED) is 0.293. The van der Waals surface area contributed by atoms with Crippen molar-refractivity contribution in [2.24, 2.45) is 0 Å². The number of rotatable bonds is 7. The summed E-state index contributed by atoms with van der Waals surface area (Å²) in [4.78, 5) is 33.4. The molecule has 0 aliphatic carbocycles. The first-order valence-electron chi connectivity index (χ1n) is 6.71. The molecule has 0 amide bonds. The standard InChI is InChI=1S/C14H23N3O4P/c1-17(2,3)9-13(18)22(20)5-4-21-14(19)10-6-11(15)8-12(16)7-10/h6-8,20H,4-5,9,15-16H2,1-3H3/q+1. The lowest BCUT2D eigenvalue weighted by atomic mass is 10.2. The van der Waals surface area contributed by atoms with Gasteiger partial charge in [0.15, 0.2) is 0 Å². The van der Waals surface area contributed by atoms with Crippen LogP contribution in [-0.4, -0.2) is 61.3 Å². The fourth-order valence-corrected chi connectivity index (χ4v) is 2.82. The van der Waals surface area contributed by atoms with Gasteiger partial charge >= 0.3 is 5.97 Å². The Hall–Kier alpha value is -1.69. The number of nitrogens with two attached hydrogens (primary N) is 2. The van der Waals surface area contributed by atoms with Gasteiger partial charge in [0.25, 0.3) is 0 Å². The first-order valence-corrected chi connectivity index (χ1v) is 8.19. The normalized spacial score (nSPS) is 12.7. The molecule has 5 N–H and O–H groups in total. The minimum Gasteiger partial charge on any atom is -0.462 e. The van der Waals surface area contributed by atoms with Gasteiger partial charge in [-0.05, 0) is 18.2 Å². The molecule has 0 heterocycles. The zero-order valence-electron chi connectivity index (χ0n) is 13.1. The van der Waals surface area contributed by atoms with E-state index in [0.29, 0.717) is 15.9 Å². The van der Waals surface area contributed by atoms with Gasteiger partial charge in [0.2, 0.25) is 5.52 Å². The van der Waals surface area contributed by atoms with Crippen LogP contribution in [0.1, 0.15) is 10.4 Å². The number of anilines is 2. The van der Waals surface area contributed by atoms with Gasteiger partial charge in [0.05, 0.1) is 33.3 Å². The largest absolute Gasteiger partial charge is 0.462 e. The first-order chi connectivity index (χ1) is 10.1. The van der Waals surface area contributed by atoms with Crippen LogP contribution in [0.3, 0.4) is 0 Å². The van der Waals surface area contributed by atoms with E-state index in [-0.39, 0.29) is 30.4 Å². The predicted octanol–water partition coefficient (Wildman–Crippen LogP) is 0.630. The van der Waals surface area contributed by atoms with Crippen molar-refractivity contribution in [2.75, 3.05) is 51.9 Å². The van der Waals surface area contributed by atoms with E-state index in [2.05, 4.69) is 0 Å². The third-order valence-corrected chi connectivity index (χ3v) is 3.97. The number of esters is 1. The molecule has 7 nitrogen and oxygen atoms in total. The molecule has 1 rings (SSSR count). The summed E-state index contributed by atoms with van der Waals surface area (Å²) in [6.07, 6.45) is 0.123. The molecule has 0 saturated heterocycles. The van der Waals surface area contributed by atoms with Crippen LogP contribution in [0.4, 0.5) is 11.4 Å². The van der Waals surface area contributed by atoms with E-state index in [0.717, 1.165) is 0 Å². The molecule has 1 aromatic rings. The van der Waals surface area contributed by atoms with Crippen LogP contribution in [0.25, 0.3) is 0 Å². The number of ether oxygens (including phenoxy) is 1. The van der Waals surface area contributed by atoms with Crippen LogP contribution in [0.15, 0.2) is 18.2 Å². The number of quaternary nitrogens is 1. The fraction of sp³-hybridized carbons (Fsp3) is 0.429. The fourth-order valence-electron chi connectivity index (χ4n) is 1.71. The van der Waals surface area contributed by atoms with Crippen LogP contribution < -0.4 is 11.5 Å². The third kappa shape index (κ3) is 6.39. The van der Waals surface area contributed by atoms with Gasteiger partial charge in [-0.1, -0.05) is 0 Å². The summed E-state index contributed by atoms with van der Waals surface area (Å²) in [5.41, 5.74) is 12.0. The summed E-state index contributed by atoms with van der Waals surface area (Å²) in [7, 11) is 3.80. The molecule has 1 atom stereocenters. The molecule has 0 aliphatic rings. The maximum Gasteiger partial charge on any atom is 0.338 e. The number of benzene rings is 1. The van der Waals surface area contributed by atoms with Gasteiger partial charge in [-0.25, -0.2) is 4.79 Å². The van der Waals surface area contributed by atoms with Crippen LogP contribution in [0, 0.1) is 0 Å². The van der Waals surface area contributed by atoms with Crippen LogP contribution in [-0.2, 0) is 9.53 Å². The van der Waals surface area contributed by atoms with Crippen molar-refractivity contribution in [3.05, 3.63) is 23.8 Å². The highest BCUT2D eigenvalue weighted by Gasteiger charge is 2.22. The van der Waals surface area contributed by atoms with Crippen LogP contribution in [0.2, 0.25) is 0 Å². The van der Waals surface area contributed by atoms with E-state index in [1.807, 2.05) is 21.1 Å². The van der Waals surface area contributed by atoms with Gasteiger partial charge in [-0.3, -0.25) is 4.79 Å². The summed E-state index contributed by atoms with van der Waals surface area (Å²) >= 11 is 0. The Morgan fingerprint density at radius 1 is 1.18 bits per heavy atom. The summed E-state index contributed by atoms with van der Waals surface area (Å²) in [6.45, 7) is 0.209. The maximum atomic E-state index is 11.8. The van der Waals surface area contributed by atoms with E-state index in [1.165, 1.54) is 18.2 Å². The van der Waals surface area contributed by atoms with Crippen molar-refractivity contribution in [1.82, 2.24) is 0 Å². The summed E-state index contributed by atoms with van der Waals surface area (Å²) in [6, 6.07) is 4.46. The number of hydrogen-bond acceptors (Lipinski definition) is 6. The van der Waals surface area contributed by atoms with E-state index < -0.39 is 14.1 Å². The molecule has 0 aliphatic heterocycles. The second-order valence-electron chi connectivity index (χ2n) is 5.99. The molecule has 0 saturated carbocycles. The van der Waals surface area contributed by atoms with Gasteiger partial charge in [0, 0.05) is 17.5 Å². The number of carbonyl (C=O) groups excluding carboxylic acids is 2. The summed E-state index contributed by atoms with van der Waals surface area (Å²) in [5, 5.41) is 0. The second kappa shape index (κ2) is 7.54. The van der Waals surface area contributed by atoms with Crippen molar-refractivity contribution in [3.8, 4) is 0 Å². The molecule has 1 aromatic carbocycles. The number of hydrogen-bond donors (Lipinski definition) is 3. The number of likely N-dealkylation sites (N-methyl/N-ethyl adjacent to an activating group) is 1. The Kier molecular flexibility index (Phi) is 6.29. The van der Waals surface area contributed by atoms with Crippen molar-refractivity contribution in [1.29, 1.82) is 0 Å². The Labute approximate surface area is 131 Å². The zero-order chi connectivity index (χ0) is 16.9. The van der Waals surface area contributed by atoms with Crippen molar-refractivity contribution < 1.29 is 23.7 Å². The Bertz CT molecular complexity index is 537. The van der Waals surface area contributed by atoms with Gasteiger partial charge in [-0.15, -0.1) is 0 Å². The zero-order valence-corrected chi connectivity index (χ0v) is 14.0. The van der Waals surface area contributed by atoms with E-state index >= 15 is 0 Å². The highest BCUT2D eigenvalue weighted by molar-refractivity contribution is 7.69. The Morgan fingerprint density at radius 3 is 2.23 bits per heavy atom. The monoisotopic (exact) mass is 328 g/mol. The van der Waals surface area contributed by atoms with Crippen molar-refractivity contribution >= 4 is 31.0 Å². The molecule has 1 unspecified atom stereocenters. The molecule has 0 fully saturated rings. The van der Waals surface area contributed by atoms with Crippen LogP contribution in [0.5, 0.6) is 0 Å². The first kappa shape index (κ1) is 18.4. The van der Waals surface area contributed by atoms with E-state index in [9.17, 15) is 14.5 Å². The van der Waals surface area contributed by atoms with Gasteiger partial charge < -0.3 is 25.6 Å². The average molecular weight is 328 g/mol. The molecular weight excluding hydrogens is 305 g/mol. The molecular formula is C14H23N3O4P+. The van der Waals surface area contributed by atoms with Crippen molar-refractivity contribution in [3.63, 3.8) is 0 Å². The Balaban J connectivity index is 2.46. The van der Waals surface area contributed by atoms with E-state index in [4.69, 9.17) is 16.2 Å². The SMILES string of the molecule is C[N+](C)(C)CC(=O)P(O)CCOC(=O)c1cc(N)cc(N)c1. The molecule has 0 radical (unpaired) electrons. The second-order valence-corrected chi connectivity index (χ2v) is 7.73. The average Bonchev–Trinajstić information content (AvgIpc) is 2.35. The lowest BCUT2D eigenvalue weighted by Gasteiger charge is -2.23. The highest BCUT2D eigenvalue weighted by Crippen LogP contribution is 2.31. The topological polar surface area (TPSA) is 116 Å². The number of carbonyl (C=O) groups is 2. The molecule has 0 bridgehead atoms. The number of nitrogen functional groups attached to an aromatic ring is 2. The van der Waals surface area contributed by atoms with E-state index in [1.54, 1.807) is 0 Å². The third-order valence-electron chi connectivity index (χ3n) is 2.65. The lowest BCUT2D eigenvalue weighted by molar-refractivity contribution is -0.861. The predicted molar refractivity (Wildman–Crippen MR) is 87.5 cm³/mol.